The Bertz CT molecular complexity index is 2860. The van der Waals surface area contributed by atoms with Gasteiger partial charge in [-0.3, -0.25) is 0 Å². The highest BCUT2D eigenvalue weighted by Crippen LogP contribution is 2.61. The molecule has 13 rings (SSSR count). The lowest BCUT2D eigenvalue weighted by Crippen LogP contribution is -2.48. The third-order valence-electron chi connectivity index (χ3n) is 13.5. The van der Waals surface area contributed by atoms with Crippen molar-refractivity contribution in [3.05, 3.63) is 169 Å². The fourth-order valence-corrected chi connectivity index (χ4v) is 12.7. The number of fused-ring (bicyclic) bond motifs is 6. The predicted molar refractivity (Wildman–Crippen MR) is 234 cm³/mol. The van der Waals surface area contributed by atoms with E-state index in [1.165, 1.54) is 114 Å². The summed E-state index contributed by atoms with van der Waals surface area (Å²) in [5.41, 5.74) is 11.7. The van der Waals surface area contributed by atoms with Crippen LogP contribution in [0.15, 0.2) is 164 Å². The van der Waals surface area contributed by atoms with E-state index >= 15 is 0 Å². The second kappa shape index (κ2) is 12.2. The average Bonchev–Trinajstić information content (AvgIpc) is 3.76. The number of para-hydroxylation sites is 2. The van der Waals surface area contributed by atoms with Crippen molar-refractivity contribution in [2.75, 3.05) is 4.90 Å². The first kappa shape index (κ1) is 31.7. The minimum absolute atomic E-state index is 0.393. The van der Waals surface area contributed by atoms with Crippen molar-refractivity contribution >= 4 is 70.4 Å². The first-order valence-corrected chi connectivity index (χ1v) is 21.0. The maximum atomic E-state index is 2.49. The van der Waals surface area contributed by atoms with Gasteiger partial charge in [0.1, 0.15) is 0 Å². The first-order chi connectivity index (χ1) is 27.2. The third-order valence-corrected chi connectivity index (χ3v) is 14.7. The van der Waals surface area contributed by atoms with Gasteiger partial charge in [-0.25, -0.2) is 0 Å². The molecule has 4 aliphatic rings. The summed E-state index contributed by atoms with van der Waals surface area (Å²) in [7, 11) is 0. The van der Waals surface area contributed by atoms with Crippen LogP contribution in [-0.4, -0.2) is 4.57 Å². The van der Waals surface area contributed by atoms with Gasteiger partial charge < -0.3 is 9.47 Å². The van der Waals surface area contributed by atoms with E-state index in [4.69, 9.17) is 0 Å². The predicted octanol–water partition coefficient (Wildman–Crippen LogP) is 14.8. The minimum Gasteiger partial charge on any atom is -0.310 e. The number of hydrogen-bond acceptors (Lipinski definition) is 2. The monoisotopic (exact) mass is 726 g/mol. The zero-order valence-corrected chi connectivity index (χ0v) is 31.7. The number of benzene rings is 7. The molecule has 2 nitrogen and oxygen atoms in total. The van der Waals surface area contributed by atoms with Crippen LogP contribution in [0.25, 0.3) is 58.8 Å². The number of nitrogens with zero attached hydrogens (tertiary/aromatic N) is 2. The lowest BCUT2D eigenvalue weighted by atomic mass is 9.48. The highest BCUT2D eigenvalue weighted by atomic mass is 32.1. The molecule has 0 N–H and O–H groups in total. The van der Waals surface area contributed by atoms with Gasteiger partial charge in [0.2, 0.25) is 0 Å². The van der Waals surface area contributed by atoms with Gasteiger partial charge in [-0.2, -0.15) is 0 Å². The summed E-state index contributed by atoms with van der Waals surface area (Å²) < 4.78 is 5.06. The Morgan fingerprint density at radius 2 is 1.04 bits per heavy atom. The zero-order chi connectivity index (χ0) is 36.1. The van der Waals surface area contributed by atoms with Crippen LogP contribution in [0.4, 0.5) is 17.1 Å². The molecule has 0 unspecified atom stereocenters. The van der Waals surface area contributed by atoms with Crippen molar-refractivity contribution in [2.24, 2.45) is 17.8 Å². The van der Waals surface area contributed by atoms with Crippen LogP contribution in [-0.2, 0) is 5.41 Å². The molecular formula is C52H42N2S. The molecule has 2 heterocycles. The van der Waals surface area contributed by atoms with Gasteiger partial charge in [0.05, 0.1) is 11.0 Å². The molecule has 2 aromatic heterocycles. The second-order valence-corrected chi connectivity index (χ2v) is 17.9. The SMILES string of the molecule is c1ccc(-n2c3ccccc3c3cc(-c4ccc(N(c5ccc(C67CC8CC(CC(C8)C6)C7)cc5)c5ccc6c(c5)sc5ccccc56)cc4)ccc32)cc1. The van der Waals surface area contributed by atoms with Crippen LogP contribution in [0.1, 0.15) is 44.1 Å². The van der Waals surface area contributed by atoms with E-state index in [1.807, 2.05) is 11.3 Å². The lowest BCUT2D eigenvalue weighted by Gasteiger charge is -2.57. The van der Waals surface area contributed by atoms with Crippen LogP contribution in [0.3, 0.4) is 0 Å². The van der Waals surface area contributed by atoms with Crippen molar-refractivity contribution < 1.29 is 0 Å². The van der Waals surface area contributed by atoms with Crippen LogP contribution in [0.2, 0.25) is 0 Å². The summed E-state index contributed by atoms with van der Waals surface area (Å²) in [6.45, 7) is 0. The molecule has 55 heavy (non-hydrogen) atoms. The Hall–Kier alpha value is -5.64. The minimum atomic E-state index is 0.393. The van der Waals surface area contributed by atoms with Crippen LogP contribution < -0.4 is 4.90 Å². The second-order valence-electron chi connectivity index (χ2n) is 16.8. The van der Waals surface area contributed by atoms with E-state index in [-0.39, 0.29) is 0 Å². The van der Waals surface area contributed by atoms with Crippen LogP contribution in [0.5, 0.6) is 0 Å². The smallest absolute Gasteiger partial charge is 0.0541 e. The summed E-state index contributed by atoms with van der Waals surface area (Å²) in [6, 6.07) is 61.3. The normalized spacial score (nSPS) is 21.6. The molecule has 4 saturated carbocycles. The van der Waals surface area contributed by atoms with E-state index < -0.39 is 0 Å². The molecule has 0 atom stereocenters. The Labute approximate surface area is 326 Å². The molecule has 3 heteroatoms. The molecular weight excluding hydrogens is 685 g/mol. The fourth-order valence-electron chi connectivity index (χ4n) is 11.5. The van der Waals surface area contributed by atoms with Crippen molar-refractivity contribution in [3.63, 3.8) is 0 Å². The quantitative estimate of drug-likeness (QED) is 0.166. The number of hydrogen-bond donors (Lipinski definition) is 0. The molecule has 4 aliphatic carbocycles. The Balaban J connectivity index is 0.944. The molecule has 4 fully saturated rings. The summed E-state index contributed by atoms with van der Waals surface area (Å²) in [4.78, 5) is 2.47. The van der Waals surface area contributed by atoms with E-state index in [0.29, 0.717) is 5.41 Å². The standard InChI is InChI=1S/C52H42N2S/c1-2-8-40(9-3-1)54-48-12-6-4-10-44(48)47-29-38(16-25-49(47)54)37-14-19-41(20-15-37)53(43-23-24-46-45-11-5-7-13-50(45)55-51(46)30-43)42-21-17-39(18-22-42)52-31-34-26-35(32-52)28-36(27-34)33-52/h1-25,29-30,34-36H,26-28,31-33H2. The molecule has 7 aromatic carbocycles. The molecule has 0 amide bonds. The van der Waals surface area contributed by atoms with Gasteiger partial charge in [-0.15, -0.1) is 11.3 Å². The van der Waals surface area contributed by atoms with Crippen molar-refractivity contribution in [3.8, 4) is 16.8 Å². The summed E-state index contributed by atoms with van der Waals surface area (Å²) in [5, 5.41) is 5.23. The lowest BCUT2D eigenvalue weighted by molar-refractivity contribution is -0.00518. The van der Waals surface area contributed by atoms with Crippen LogP contribution >= 0.6 is 11.3 Å². The molecule has 266 valence electrons. The molecule has 0 spiro atoms. The molecule has 0 radical (unpaired) electrons. The van der Waals surface area contributed by atoms with Gasteiger partial charge in [0, 0.05) is 53.7 Å². The Morgan fingerprint density at radius 3 is 1.78 bits per heavy atom. The Morgan fingerprint density at radius 1 is 0.455 bits per heavy atom. The maximum absolute atomic E-state index is 2.49. The fraction of sp³-hybridized carbons (Fsp3) is 0.192. The molecule has 9 aromatic rings. The van der Waals surface area contributed by atoms with E-state index in [9.17, 15) is 0 Å². The maximum Gasteiger partial charge on any atom is 0.0541 e. The summed E-state index contributed by atoms with van der Waals surface area (Å²) >= 11 is 1.89. The number of thiophene rings is 1. The Kier molecular flexibility index (Phi) is 7.02. The van der Waals surface area contributed by atoms with Gasteiger partial charge in [0.25, 0.3) is 0 Å². The van der Waals surface area contributed by atoms with Crippen molar-refractivity contribution in [2.45, 2.75) is 43.9 Å². The van der Waals surface area contributed by atoms with Crippen molar-refractivity contribution in [1.29, 1.82) is 0 Å². The first-order valence-electron chi connectivity index (χ1n) is 20.2. The largest absolute Gasteiger partial charge is 0.310 e. The third kappa shape index (κ3) is 5.06. The van der Waals surface area contributed by atoms with E-state index in [0.717, 1.165) is 17.8 Å². The van der Waals surface area contributed by atoms with Gasteiger partial charge in [-0.05, 0) is 151 Å². The average molecular weight is 727 g/mol. The summed E-state index contributed by atoms with van der Waals surface area (Å²) in [5.74, 6) is 2.83. The molecule has 4 bridgehead atoms. The van der Waals surface area contributed by atoms with Gasteiger partial charge >= 0.3 is 0 Å². The van der Waals surface area contributed by atoms with E-state index in [2.05, 4.69) is 173 Å². The highest BCUT2D eigenvalue weighted by Gasteiger charge is 2.51. The van der Waals surface area contributed by atoms with Crippen molar-refractivity contribution in [1.82, 2.24) is 4.57 Å². The topological polar surface area (TPSA) is 8.17 Å². The molecule has 0 saturated heterocycles. The van der Waals surface area contributed by atoms with Gasteiger partial charge in [0.15, 0.2) is 0 Å². The van der Waals surface area contributed by atoms with Crippen LogP contribution in [0, 0.1) is 17.8 Å². The summed E-state index contributed by atoms with van der Waals surface area (Å²) in [6.07, 6.45) is 8.62. The zero-order valence-electron chi connectivity index (χ0n) is 30.9. The highest BCUT2D eigenvalue weighted by molar-refractivity contribution is 7.25. The number of rotatable bonds is 6. The van der Waals surface area contributed by atoms with E-state index in [1.54, 1.807) is 5.56 Å². The molecule has 0 aliphatic heterocycles. The number of anilines is 3. The van der Waals surface area contributed by atoms with Gasteiger partial charge in [-0.1, -0.05) is 91.0 Å². The number of aromatic nitrogens is 1.